The fourth-order valence-corrected chi connectivity index (χ4v) is 2.54. The number of anilines is 1. The highest BCUT2D eigenvalue weighted by molar-refractivity contribution is 6.17. The van der Waals surface area contributed by atoms with Gasteiger partial charge in [-0.25, -0.2) is 8.78 Å². The Morgan fingerprint density at radius 2 is 2.26 bits per heavy atom. The average Bonchev–Trinajstić information content (AvgIpc) is 2.37. The van der Waals surface area contributed by atoms with Crippen molar-refractivity contribution in [1.29, 1.82) is 0 Å². The fourth-order valence-electron chi connectivity index (χ4n) is 2.37. The zero-order valence-corrected chi connectivity index (χ0v) is 11.2. The van der Waals surface area contributed by atoms with Gasteiger partial charge in [0.2, 0.25) is 11.8 Å². The number of carbonyl (C=O) groups is 1. The Morgan fingerprint density at radius 1 is 1.47 bits per heavy atom. The molecule has 1 fully saturated rings. The lowest BCUT2D eigenvalue weighted by Gasteiger charge is -2.28. The van der Waals surface area contributed by atoms with Crippen molar-refractivity contribution in [2.45, 2.75) is 37.5 Å². The number of rotatable bonds is 3. The fraction of sp³-hybridized carbons (Fsp3) is 0.500. The first-order valence-electron chi connectivity index (χ1n) is 6.34. The molecule has 2 nitrogen and oxygen atoms in total. The SMILES string of the molecule is O=C(Nc1cccc(CCl)c1)C1CCCC(F)(F)C1. The quantitative estimate of drug-likeness (QED) is 0.830. The third-order valence-corrected chi connectivity index (χ3v) is 3.67. The number of halogens is 3. The maximum Gasteiger partial charge on any atom is 0.248 e. The molecule has 0 aromatic heterocycles. The van der Waals surface area contributed by atoms with Crippen LogP contribution in [0.1, 0.15) is 31.2 Å². The van der Waals surface area contributed by atoms with Gasteiger partial charge >= 0.3 is 0 Å². The molecule has 1 aliphatic rings. The van der Waals surface area contributed by atoms with Crippen molar-refractivity contribution in [3.8, 4) is 0 Å². The van der Waals surface area contributed by atoms with Crippen LogP contribution in [0.3, 0.4) is 0 Å². The van der Waals surface area contributed by atoms with Crippen molar-refractivity contribution >= 4 is 23.2 Å². The molecular formula is C14H16ClF2NO. The van der Waals surface area contributed by atoms with Crippen LogP contribution in [-0.2, 0) is 10.7 Å². The van der Waals surface area contributed by atoms with Gasteiger partial charge in [-0.1, -0.05) is 12.1 Å². The van der Waals surface area contributed by atoms with Crippen LogP contribution < -0.4 is 5.32 Å². The van der Waals surface area contributed by atoms with E-state index in [-0.39, 0.29) is 18.7 Å². The predicted octanol–water partition coefficient (Wildman–Crippen LogP) is 4.19. The standard InChI is InChI=1S/C14H16ClF2NO/c15-9-10-3-1-5-12(7-10)18-13(19)11-4-2-6-14(16,17)8-11/h1,3,5,7,11H,2,4,6,8-9H2,(H,18,19). The van der Waals surface area contributed by atoms with E-state index in [2.05, 4.69) is 5.32 Å². The van der Waals surface area contributed by atoms with Crippen LogP contribution in [0, 0.1) is 5.92 Å². The van der Waals surface area contributed by atoms with Crippen molar-refractivity contribution in [2.75, 3.05) is 5.32 Å². The summed E-state index contributed by atoms with van der Waals surface area (Å²) in [6, 6.07) is 7.11. The number of amides is 1. The molecule has 0 spiro atoms. The second kappa shape index (κ2) is 5.87. The van der Waals surface area contributed by atoms with Crippen molar-refractivity contribution in [3.05, 3.63) is 29.8 Å². The summed E-state index contributed by atoms with van der Waals surface area (Å²) >= 11 is 5.71. The molecule has 1 aliphatic carbocycles. The Bertz CT molecular complexity index is 465. The number of benzene rings is 1. The lowest BCUT2D eigenvalue weighted by atomic mass is 9.86. The molecule has 5 heteroatoms. The molecule has 104 valence electrons. The molecule has 0 saturated heterocycles. The molecule has 1 amide bonds. The van der Waals surface area contributed by atoms with E-state index in [0.717, 1.165) is 5.56 Å². The number of nitrogens with one attached hydrogen (secondary N) is 1. The molecule has 0 aliphatic heterocycles. The summed E-state index contributed by atoms with van der Waals surface area (Å²) in [5.74, 6) is -3.29. The van der Waals surface area contributed by atoms with E-state index in [9.17, 15) is 13.6 Å². The number of hydrogen-bond acceptors (Lipinski definition) is 1. The highest BCUT2D eigenvalue weighted by Gasteiger charge is 2.39. The van der Waals surface area contributed by atoms with E-state index in [1.165, 1.54) is 0 Å². The van der Waals surface area contributed by atoms with E-state index in [1.54, 1.807) is 18.2 Å². The Balaban J connectivity index is 2.00. The van der Waals surface area contributed by atoms with Crippen LogP contribution in [0.5, 0.6) is 0 Å². The van der Waals surface area contributed by atoms with Gasteiger partial charge in [-0.3, -0.25) is 4.79 Å². The summed E-state index contributed by atoms with van der Waals surface area (Å²) in [6.07, 6.45) is 0.454. The van der Waals surface area contributed by atoms with Crippen LogP contribution >= 0.6 is 11.6 Å². The zero-order chi connectivity index (χ0) is 13.9. The summed E-state index contributed by atoms with van der Waals surface area (Å²) in [7, 11) is 0. The van der Waals surface area contributed by atoms with Crippen molar-refractivity contribution in [3.63, 3.8) is 0 Å². The van der Waals surface area contributed by atoms with Crippen molar-refractivity contribution in [1.82, 2.24) is 0 Å². The molecule has 0 heterocycles. The molecule has 1 N–H and O–H groups in total. The molecule has 1 aromatic rings. The van der Waals surface area contributed by atoms with Gasteiger partial charge in [0.25, 0.3) is 0 Å². The maximum atomic E-state index is 13.3. The second-order valence-corrected chi connectivity index (χ2v) is 5.24. The van der Waals surface area contributed by atoms with Crippen LogP contribution in [0.15, 0.2) is 24.3 Å². The summed E-state index contributed by atoms with van der Waals surface area (Å²) in [4.78, 5) is 12.0. The van der Waals surface area contributed by atoms with Crippen LogP contribution in [0.2, 0.25) is 0 Å². The molecule has 0 radical (unpaired) electrons. The van der Waals surface area contributed by atoms with Gasteiger partial charge in [0, 0.05) is 30.3 Å². The minimum atomic E-state index is -2.71. The predicted molar refractivity (Wildman–Crippen MR) is 71.5 cm³/mol. The molecule has 1 saturated carbocycles. The number of hydrogen-bond donors (Lipinski definition) is 1. The van der Waals surface area contributed by atoms with E-state index in [1.807, 2.05) is 6.07 Å². The van der Waals surface area contributed by atoms with E-state index in [0.29, 0.717) is 24.4 Å². The first-order valence-corrected chi connectivity index (χ1v) is 6.87. The number of carbonyl (C=O) groups excluding carboxylic acids is 1. The van der Waals surface area contributed by atoms with Crippen LogP contribution in [-0.4, -0.2) is 11.8 Å². The maximum absolute atomic E-state index is 13.3. The van der Waals surface area contributed by atoms with Crippen molar-refractivity contribution in [2.24, 2.45) is 5.92 Å². The average molecular weight is 288 g/mol. The molecule has 1 atom stereocenters. The topological polar surface area (TPSA) is 29.1 Å². The van der Waals surface area contributed by atoms with E-state index in [4.69, 9.17) is 11.6 Å². The Kier molecular flexibility index (Phi) is 4.40. The molecule has 19 heavy (non-hydrogen) atoms. The van der Waals surface area contributed by atoms with Gasteiger partial charge in [0.05, 0.1) is 0 Å². The second-order valence-electron chi connectivity index (χ2n) is 4.97. The molecule has 2 rings (SSSR count). The minimum Gasteiger partial charge on any atom is -0.326 e. The third-order valence-electron chi connectivity index (χ3n) is 3.36. The third kappa shape index (κ3) is 3.90. The Labute approximate surface area is 116 Å². The summed E-state index contributed by atoms with van der Waals surface area (Å²) in [6.45, 7) is 0. The summed E-state index contributed by atoms with van der Waals surface area (Å²) < 4.78 is 26.5. The van der Waals surface area contributed by atoms with Crippen molar-refractivity contribution < 1.29 is 13.6 Å². The number of alkyl halides is 3. The monoisotopic (exact) mass is 287 g/mol. The van der Waals surface area contributed by atoms with Gasteiger partial charge < -0.3 is 5.32 Å². The lowest BCUT2D eigenvalue weighted by Crippen LogP contribution is -2.33. The van der Waals surface area contributed by atoms with Crippen LogP contribution in [0.4, 0.5) is 14.5 Å². The Morgan fingerprint density at radius 3 is 2.95 bits per heavy atom. The van der Waals surface area contributed by atoms with Gasteiger partial charge in [-0.15, -0.1) is 11.6 Å². The van der Waals surface area contributed by atoms with E-state index < -0.39 is 11.8 Å². The van der Waals surface area contributed by atoms with Gasteiger partial charge in [0.1, 0.15) is 0 Å². The smallest absolute Gasteiger partial charge is 0.248 e. The molecule has 1 unspecified atom stereocenters. The summed E-state index contributed by atoms with van der Waals surface area (Å²) in [5, 5.41) is 2.69. The molecule has 1 aromatic carbocycles. The first-order chi connectivity index (χ1) is 9.00. The largest absolute Gasteiger partial charge is 0.326 e. The minimum absolute atomic E-state index is 0.113. The highest BCUT2D eigenvalue weighted by atomic mass is 35.5. The first kappa shape index (κ1) is 14.3. The molecular weight excluding hydrogens is 272 g/mol. The van der Waals surface area contributed by atoms with Crippen LogP contribution in [0.25, 0.3) is 0 Å². The van der Waals surface area contributed by atoms with Gasteiger partial charge in [0.15, 0.2) is 0 Å². The zero-order valence-electron chi connectivity index (χ0n) is 10.5. The summed E-state index contributed by atoms with van der Waals surface area (Å²) in [5.41, 5.74) is 1.49. The van der Waals surface area contributed by atoms with Gasteiger partial charge in [-0.2, -0.15) is 0 Å². The molecule has 0 bridgehead atoms. The lowest BCUT2D eigenvalue weighted by molar-refractivity contribution is -0.127. The van der Waals surface area contributed by atoms with Gasteiger partial charge in [-0.05, 0) is 30.5 Å². The normalized spacial score (nSPS) is 21.9. The highest BCUT2D eigenvalue weighted by Crippen LogP contribution is 2.37. The van der Waals surface area contributed by atoms with E-state index >= 15 is 0 Å². The Hall–Kier alpha value is -1.16.